The number of morpholine rings is 1. The zero-order chi connectivity index (χ0) is 12.7. The van der Waals surface area contributed by atoms with E-state index in [1.165, 1.54) is 4.90 Å². The lowest BCUT2D eigenvalue weighted by Crippen LogP contribution is -2.57. The van der Waals surface area contributed by atoms with Crippen LogP contribution in [-0.2, 0) is 14.3 Å². The van der Waals surface area contributed by atoms with Crippen LogP contribution < -0.4 is 5.32 Å². The van der Waals surface area contributed by atoms with E-state index in [9.17, 15) is 9.59 Å². The summed E-state index contributed by atoms with van der Waals surface area (Å²) < 4.78 is 5.43. The van der Waals surface area contributed by atoms with Crippen LogP contribution in [-0.4, -0.2) is 48.1 Å². The summed E-state index contributed by atoms with van der Waals surface area (Å²) in [4.78, 5) is 25.9. The quantitative estimate of drug-likeness (QED) is 0.724. The maximum absolute atomic E-state index is 12.2. The molecule has 0 radical (unpaired) electrons. The van der Waals surface area contributed by atoms with E-state index in [1.807, 2.05) is 7.05 Å². The molecule has 0 aromatic heterocycles. The van der Waals surface area contributed by atoms with Gasteiger partial charge in [0, 0.05) is 12.1 Å². The van der Waals surface area contributed by atoms with Crippen LogP contribution in [0.25, 0.3) is 0 Å². The molecule has 2 atom stereocenters. The largest absolute Gasteiger partial charge is 0.355 e. The number of nitrogens with zero attached hydrogens (tertiary/aromatic N) is 1. The molecule has 2 heterocycles. The van der Waals surface area contributed by atoms with E-state index < -0.39 is 0 Å². The normalized spacial score (nSPS) is 40.4. The lowest BCUT2D eigenvalue weighted by Gasteiger charge is -2.39. The second kappa shape index (κ2) is 4.63. The highest BCUT2D eigenvalue weighted by Gasteiger charge is 2.49. The zero-order valence-electron chi connectivity index (χ0n) is 10.7. The Morgan fingerprint density at radius 1 is 1.00 bits per heavy atom. The first-order chi connectivity index (χ1) is 8.70. The number of imide groups is 1. The van der Waals surface area contributed by atoms with E-state index in [2.05, 4.69) is 5.32 Å². The van der Waals surface area contributed by atoms with E-state index in [4.69, 9.17) is 4.74 Å². The molecule has 5 heteroatoms. The second-order valence-electron chi connectivity index (χ2n) is 5.53. The highest BCUT2D eigenvalue weighted by molar-refractivity contribution is 6.02. The molecule has 5 nitrogen and oxygen atoms in total. The Morgan fingerprint density at radius 2 is 1.56 bits per heavy atom. The summed E-state index contributed by atoms with van der Waals surface area (Å²) in [5.74, 6) is -0.191. The van der Waals surface area contributed by atoms with Crippen LogP contribution in [0.15, 0.2) is 0 Å². The van der Waals surface area contributed by atoms with Crippen LogP contribution in [0.3, 0.4) is 0 Å². The first-order valence-electron chi connectivity index (χ1n) is 6.90. The standard InChI is InChI=1S/C13H20N2O3/c1-14-8-2-4-9(5-3-8)15-12(16)10-6-7-11(18-10)13(15)17/h8-11,14H,2-7H2,1H3. The van der Waals surface area contributed by atoms with Gasteiger partial charge in [-0.25, -0.2) is 0 Å². The first-order valence-corrected chi connectivity index (χ1v) is 6.90. The molecular formula is C13H20N2O3. The van der Waals surface area contributed by atoms with Crippen molar-refractivity contribution in [1.29, 1.82) is 0 Å². The van der Waals surface area contributed by atoms with E-state index in [1.54, 1.807) is 0 Å². The molecule has 1 N–H and O–H groups in total. The molecule has 0 aromatic rings. The number of likely N-dealkylation sites (tertiary alicyclic amines) is 1. The number of fused-ring (bicyclic) bond motifs is 2. The Kier molecular flexibility index (Phi) is 3.11. The first kappa shape index (κ1) is 12.1. The molecule has 3 aliphatic rings. The van der Waals surface area contributed by atoms with Crippen molar-refractivity contribution in [2.45, 2.75) is 62.8 Å². The molecule has 18 heavy (non-hydrogen) atoms. The predicted octanol–water partition coefficient (Wildman–Crippen LogP) is 0.433. The lowest BCUT2D eigenvalue weighted by molar-refractivity contribution is -0.172. The minimum atomic E-state index is -0.352. The molecule has 2 saturated heterocycles. The third-order valence-electron chi connectivity index (χ3n) is 4.52. The van der Waals surface area contributed by atoms with Crippen LogP contribution in [0, 0.1) is 0 Å². The molecule has 1 aliphatic carbocycles. The fourth-order valence-electron chi connectivity index (χ4n) is 3.40. The minimum absolute atomic E-state index is 0.0957. The van der Waals surface area contributed by atoms with Gasteiger partial charge >= 0.3 is 0 Å². The fourth-order valence-corrected chi connectivity index (χ4v) is 3.40. The molecule has 0 spiro atoms. The number of carbonyl (C=O) groups excluding carboxylic acids is 2. The van der Waals surface area contributed by atoms with Crippen LogP contribution in [0.1, 0.15) is 38.5 Å². The van der Waals surface area contributed by atoms with Crippen LogP contribution in [0.4, 0.5) is 0 Å². The van der Waals surface area contributed by atoms with Gasteiger partial charge in [0.05, 0.1) is 0 Å². The van der Waals surface area contributed by atoms with E-state index in [0.29, 0.717) is 18.9 Å². The topological polar surface area (TPSA) is 58.6 Å². The molecule has 2 amide bonds. The Morgan fingerprint density at radius 3 is 2.06 bits per heavy atom. The molecule has 2 unspecified atom stereocenters. The maximum Gasteiger partial charge on any atom is 0.258 e. The van der Waals surface area contributed by atoms with Gasteiger partial charge in [0.25, 0.3) is 11.8 Å². The average molecular weight is 252 g/mol. The van der Waals surface area contributed by atoms with Gasteiger partial charge in [-0.3, -0.25) is 14.5 Å². The summed E-state index contributed by atoms with van der Waals surface area (Å²) in [5, 5.41) is 3.27. The molecule has 3 fully saturated rings. The van der Waals surface area contributed by atoms with Gasteiger partial charge in [-0.1, -0.05) is 0 Å². The van der Waals surface area contributed by atoms with Gasteiger partial charge in [0.15, 0.2) is 0 Å². The fraction of sp³-hybridized carbons (Fsp3) is 0.846. The highest BCUT2D eigenvalue weighted by Crippen LogP contribution is 2.33. The van der Waals surface area contributed by atoms with E-state index >= 15 is 0 Å². The van der Waals surface area contributed by atoms with E-state index in [-0.39, 0.29) is 30.1 Å². The van der Waals surface area contributed by atoms with Crippen molar-refractivity contribution in [3.63, 3.8) is 0 Å². The summed E-state index contributed by atoms with van der Waals surface area (Å²) >= 11 is 0. The smallest absolute Gasteiger partial charge is 0.258 e. The number of carbonyl (C=O) groups is 2. The van der Waals surface area contributed by atoms with Gasteiger partial charge in [-0.05, 0) is 45.6 Å². The minimum Gasteiger partial charge on any atom is -0.355 e. The summed E-state index contributed by atoms with van der Waals surface area (Å²) in [6, 6.07) is 0.630. The van der Waals surface area contributed by atoms with Gasteiger partial charge in [0.2, 0.25) is 0 Å². The predicted molar refractivity (Wildman–Crippen MR) is 64.9 cm³/mol. The average Bonchev–Trinajstić information content (AvgIpc) is 2.85. The third-order valence-corrected chi connectivity index (χ3v) is 4.52. The molecule has 2 aliphatic heterocycles. The number of hydrogen-bond acceptors (Lipinski definition) is 4. The van der Waals surface area contributed by atoms with Gasteiger partial charge < -0.3 is 10.1 Å². The maximum atomic E-state index is 12.2. The number of nitrogens with one attached hydrogen (secondary N) is 1. The zero-order valence-corrected chi connectivity index (χ0v) is 10.7. The molecule has 3 rings (SSSR count). The van der Waals surface area contributed by atoms with Crippen molar-refractivity contribution in [2.75, 3.05) is 7.05 Å². The summed E-state index contributed by atoms with van der Waals surface area (Å²) in [6.07, 6.45) is 4.62. The summed E-state index contributed by atoms with van der Waals surface area (Å²) in [7, 11) is 1.97. The Balaban J connectivity index is 1.72. The van der Waals surface area contributed by atoms with Gasteiger partial charge in [0.1, 0.15) is 12.2 Å². The van der Waals surface area contributed by atoms with Gasteiger partial charge in [-0.15, -0.1) is 0 Å². The van der Waals surface area contributed by atoms with Crippen LogP contribution in [0.5, 0.6) is 0 Å². The lowest BCUT2D eigenvalue weighted by atomic mass is 9.89. The Bertz CT molecular complexity index is 341. The monoisotopic (exact) mass is 252 g/mol. The number of ether oxygens (including phenoxy) is 1. The van der Waals surface area contributed by atoms with Crippen molar-refractivity contribution in [3.05, 3.63) is 0 Å². The van der Waals surface area contributed by atoms with Crippen molar-refractivity contribution in [2.24, 2.45) is 0 Å². The molecule has 1 saturated carbocycles. The van der Waals surface area contributed by atoms with E-state index in [0.717, 1.165) is 25.7 Å². The Hall–Kier alpha value is -0.940. The van der Waals surface area contributed by atoms with Crippen molar-refractivity contribution >= 4 is 11.8 Å². The molecule has 2 bridgehead atoms. The molecule has 100 valence electrons. The molecule has 0 aromatic carbocycles. The highest BCUT2D eigenvalue weighted by atomic mass is 16.5. The summed E-state index contributed by atoms with van der Waals surface area (Å²) in [5.41, 5.74) is 0. The van der Waals surface area contributed by atoms with Crippen molar-refractivity contribution in [3.8, 4) is 0 Å². The second-order valence-corrected chi connectivity index (χ2v) is 5.53. The van der Waals surface area contributed by atoms with Gasteiger partial charge in [-0.2, -0.15) is 0 Å². The van der Waals surface area contributed by atoms with Crippen LogP contribution >= 0.6 is 0 Å². The Labute approximate surface area is 107 Å². The van der Waals surface area contributed by atoms with Crippen molar-refractivity contribution in [1.82, 2.24) is 10.2 Å². The SMILES string of the molecule is CNC1CCC(N2C(=O)C3CCC(O3)C2=O)CC1. The number of hydrogen-bond donors (Lipinski definition) is 1. The van der Waals surface area contributed by atoms with Crippen molar-refractivity contribution < 1.29 is 14.3 Å². The third kappa shape index (κ3) is 1.86. The number of amides is 2. The van der Waals surface area contributed by atoms with Crippen LogP contribution in [0.2, 0.25) is 0 Å². The summed E-state index contributed by atoms with van der Waals surface area (Å²) in [6.45, 7) is 0. The number of rotatable bonds is 2. The molecular weight excluding hydrogens is 232 g/mol.